The Morgan fingerprint density at radius 1 is 1.10 bits per heavy atom. The predicted octanol–water partition coefficient (Wildman–Crippen LogP) is 2.15. The van der Waals surface area contributed by atoms with Crippen LogP contribution >= 0.6 is 0 Å². The van der Waals surface area contributed by atoms with Crippen LogP contribution in [0.25, 0.3) is 5.52 Å². The number of amides is 4. The summed E-state index contributed by atoms with van der Waals surface area (Å²) in [5.41, 5.74) is 2.32. The van der Waals surface area contributed by atoms with E-state index >= 15 is 0 Å². The van der Waals surface area contributed by atoms with Crippen molar-refractivity contribution in [2.24, 2.45) is 0 Å². The number of benzene rings is 1. The van der Waals surface area contributed by atoms with Gasteiger partial charge in [-0.3, -0.25) is 14.4 Å². The van der Waals surface area contributed by atoms with Crippen molar-refractivity contribution in [3.63, 3.8) is 0 Å². The normalized spacial score (nSPS) is 11.3. The minimum absolute atomic E-state index is 0.0644. The third-order valence-electron chi connectivity index (χ3n) is 6.09. The number of esters is 1. The number of nitrogens with one attached hydrogen (secondary N) is 3. The van der Waals surface area contributed by atoms with Crippen LogP contribution in [0.15, 0.2) is 30.7 Å². The van der Waals surface area contributed by atoms with E-state index in [-0.39, 0.29) is 28.9 Å². The lowest BCUT2D eigenvalue weighted by atomic mass is 10.1. The Morgan fingerprint density at radius 3 is 2.54 bits per heavy atom. The number of ether oxygens (including phenoxy) is 2. The van der Waals surface area contributed by atoms with Gasteiger partial charge in [-0.2, -0.15) is 5.10 Å². The summed E-state index contributed by atoms with van der Waals surface area (Å²) in [6, 6.07) is 3.86. The van der Waals surface area contributed by atoms with E-state index in [4.69, 9.17) is 9.47 Å². The predicted molar refractivity (Wildman–Crippen MR) is 148 cm³/mol. The Balaban J connectivity index is 2.10. The summed E-state index contributed by atoms with van der Waals surface area (Å²) < 4.78 is 11.7. The molecule has 14 nitrogen and oxygen atoms in total. The van der Waals surface area contributed by atoms with Crippen molar-refractivity contribution in [3.05, 3.63) is 53.0 Å². The van der Waals surface area contributed by atoms with Gasteiger partial charge in [0.05, 0.1) is 11.3 Å². The minimum Gasteiger partial charge on any atom is -0.426 e. The molecule has 1 atom stereocenters. The monoisotopic (exact) mass is 567 g/mol. The Labute approximate surface area is 236 Å². The highest BCUT2D eigenvalue weighted by atomic mass is 16.7. The smallest absolute Gasteiger partial charge is 0.423 e. The van der Waals surface area contributed by atoms with Crippen LogP contribution in [0.5, 0.6) is 0 Å². The molecule has 0 saturated heterocycles. The fourth-order valence-corrected chi connectivity index (χ4v) is 3.92. The molecule has 3 aromatic rings. The summed E-state index contributed by atoms with van der Waals surface area (Å²) in [6.45, 7) is 8.67. The first kappa shape index (κ1) is 30.5. The van der Waals surface area contributed by atoms with E-state index in [1.807, 2.05) is 6.92 Å². The van der Waals surface area contributed by atoms with Crippen LogP contribution in [0.4, 0.5) is 16.3 Å². The summed E-state index contributed by atoms with van der Waals surface area (Å²) in [4.78, 5) is 67.2. The number of carbonyl (C=O) groups is 5. The zero-order valence-electron chi connectivity index (χ0n) is 23.5. The summed E-state index contributed by atoms with van der Waals surface area (Å²) in [6.07, 6.45) is 2.84. The van der Waals surface area contributed by atoms with Crippen LogP contribution in [0.2, 0.25) is 0 Å². The first-order valence-electron chi connectivity index (χ1n) is 13.0. The summed E-state index contributed by atoms with van der Waals surface area (Å²) in [7, 11) is 0. The zero-order valence-corrected chi connectivity index (χ0v) is 23.5. The van der Waals surface area contributed by atoms with Crippen LogP contribution < -0.4 is 20.9 Å². The number of hydrogen-bond donors (Lipinski definition) is 3. The topological polar surface area (TPSA) is 173 Å². The second-order valence-corrected chi connectivity index (χ2v) is 8.99. The quantitative estimate of drug-likeness (QED) is 0.168. The molecule has 41 heavy (non-hydrogen) atoms. The molecule has 0 aliphatic carbocycles. The second-order valence-electron chi connectivity index (χ2n) is 8.99. The van der Waals surface area contributed by atoms with Crippen molar-refractivity contribution >= 4 is 47.3 Å². The highest BCUT2D eigenvalue weighted by Gasteiger charge is 2.29. The second kappa shape index (κ2) is 13.9. The van der Waals surface area contributed by atoms with Gasteiger partial charge in [-0.15, -0.1) is 0 Å². The van der Waals surface area contributed by atoms with Gasteiger partial charge in [0.2, 0.25) is 13.2 Å². The van der Waals surface area contributed by atoms with Crippen LogP contribution in [0.3, 0.4) is 0 Å². The van der Waals surface area contributed by atoms with Crippen molar-refractivity contribution in [3.8, 4) is 0 Å². The first-order chi connectivity index (χ1) is 19.6. The maximum Gasteiger partial charge on any atom is 0.423 e. The van der Waals surface area contributed by atoms with E-state index in [0.29, 0.717) is 41.7 Å². The van der Waals surface area contributed by atoms with Crippen molar-refractivity contribution in [2.45, 2.75) is 47.1 Å². The molecule has 0 aliphatic heterocycles. The van der Waals surface area contributed by atoms with E-state index < -0.39 is 24.9 Å². The molecule has 3 N–H and O–H groups in total. The number of aryl methyl sites for hydroxylation is 2. The molecular formula is C27H33N7O7. The molecule has 218 valence electrons. The van der Waals surface area contributed by atoms with Gasteiger partial charge < -0.3 is 25.4 Å². The number of fused-ring (bicyclic) bond motifs is 1. The Morgan fingerprint density at radius 2 is 1.85 bits per heavy atom. The lowest BCUT2D eigenvalue weighted by molar-refractivity contribution is -0.154. The molecule has 0 saturated carbocycles. The van der Waals surface area contributed by atoms with E-state index in [1.165, 1.54) is 30.0 Å². The zero-order chi connectivity index (χ0) is 30.1. The number of anilines is 2. The molecule has 2 heterocycles. The average Bonchev–Trinajstić information content (AvgIpc) is 3.30. The third-order valence-corrected chi connectivity index (χ3v) is 6.09. The van der Waals surface area contributed by atoms with E-state index in [0.717, 1.165) is 11.3 Å². The van der Waals surface area contributed by atoms with Gasteiger partial charge in [0.25, 0.3) is 11.8 Å². The molecule has 0 bridgehead atoms. The van der Waals surface area contributed by atoms with Gasteiger partial charge in [-0.25, -0.2) is 24.0 Å². The fourth-order valence-electron chi connectivity index (χ4n) is 3.92. The lowest BCUT2D eigenvalue weighted by Gasteiger charge is -2.24. The van der Waals surface area contributed by atoms with Gasteiger partial charge in [-0.1, -0.05) is 13.0 Å². The first-order valence-corrected chi connectivity index (χ1v) is 13.0. The largest absolute Gasteiger partial charge is 0.426 e. The molecule has 0 fully saturated rings. The molecule has 4 amide bonds. The summed E-state index contributed by atoms with van der Waals surface area (Å²) >= 11 is 0. The fraction of sp³-hybridized carbons (Fsp3) is 0.370. The molecular weight excluding hydrogens is 534 g/mol. The third kappa shape index (κ3) is 6.96. The molecule has 0 radical (unpaired) electrons. The number of hydrogen-bond acceptors (Lipinski definition) is 9. The molecule has 14 heteroatoms. The van der Waals surface area contributed by atoms with Crippen molar-refractivity contribution < 1.29 is 33.4 Å². The van der Waals surface area contributed by atoms with Crippen LogP contribution in [-0.2, 0) is 19.1 Å². The Hall–Kier alpha value is -5.01. The van der Waals surface area contributed by atoms with Crippen molar-refractivity contribution in [1.82, 2.24) is 30.5 Å². The molecule has 3 rings (SSSR count). The summed E-state index contributed by atoms with van der Waals surface area (Å²) in [5, 5.41) is 12.0. The van der Waals surface area contributed by atoms with Crippen molar-refractivity contribution in [2.75, 3.05) is 24.8 Å². The summed E-state index contributed by atoms with van der Waals surface area (Å²) in [5.74, 6) is -1.42. The van der Waals surface area contributed by atoms with Gasteiger partial charge in [-0.05, 0) is 57.4 Å². The number of rotatable bonds is 12. The number of carbonyl (C=O) groups excluding carboxylic acids is 5. The molecule has 0 spiro atoms. The Kier molecular flexibility index (Phi) is 10.3. The molecule has 1 unspecified atom stereocenters. The van der Waals surface area contributed by atoms with Gasteiger partial charge in [0, 0.05) is 24.8 Å². The van der Waals surface area contributed by atoms with Gasteiger partial charge >= 0.3 is 12.1 Å². The molecule has 2 aromatic heterocycles. The Bertz CT molecular complexity index is 1450. The number of aromatic nitrogens is 3. The van der Waals surface area contributed by atoms with Crippen LogP contribution in [-0.4, -0.2) is 70.8 Å². The van der Waals surface area contributed by atoms with E-state index in [2.05, 4.69) is 26.0 Å². The average molecular weight is 568 g/mol. The van der Waals surface area contributed by atoms with E-state index in [9.17, 15) is 24.0 Å². The molecule has 1 aromatic carbocycles. The SMILES string of the molecule is CCCNC(=O)c1ccc(C)c(N(C(=O)OCOC(=O)C(C)NC=O)c2ncnn3cc(C(=O)NCC)c(C)c23)c1. The number of nitrogens with zero attached hydrogens (tertiary/aromatic N) is 4. The maximum atomic E-state index is 13.6. The highest BCUT2D eigenvalue weighted by Crippen LogP contribution is 2.34. The van der Waals surface area contributed by atoms with E-state index in [1.54, 1.807) is 32.9 Å². The van der Waals surface area contributed by atoms with Crippen LogP contribution in [0, 0.1) is 13.8 Å². The van der Waals surface area contributed by atoms with Gasteiger partial charge in [0.15, 0.2) is 5.82 Å². The maximum absolute atomic E-state index is 13.6. The highest BCUT2D eigenvalue weighted by molar-refractivity contribution is 6.05. The minimum atomic E-state index is -0.983. The standard InChI is InChI=1S/C27H33N7O7/c1-6-10-29-24(36)19-9-8-16(3)21(11-19)34(27(39)41-15-40-26(38)18(5)31-14-35)23-22-17(4)20(25(37)28-7-2)12-33(22)32-13-30-23/h8-9,11-14,18H,6-7,10,15H2,1-5H3,(H,28,37)(H,29,36)(H,31,35). The lowest BCUT2D eigenvalue weighted by Crippen LogP contribution is -2.36. The molecule has 0 aliphatic rings. The van der Waals surface area contributed by atoms with Crippen molar-refractivity contribution in [1.29, 1.82) is 0 Å². The van der Waals surface area contributed by atoms with Crippen LogP contribution in [0.1, 0.15) is 59.0 Å². The van der Waals surface area contributed by atoms with Gasteiger partial charge in [0.1, 0.15) is 17.9 Å².